The van der Waals surface area contributed by atoms with Gasteiger partial charge in [0.2, 0.25) is 0 Å². The van der Waals surface area contributed by atoms with Crippen LogP contribution >= 0.6 is 0 Å². The number of hydrogen-bond acceptors (Lipinski definition) is 7. The lowest BCUT2D eigenvalue weighted by Gasteiger charge is -2.21. The number of hydrogen-bond donors (Lipinski definition) is 0. The number of aromatic nitrogens is 2. The van der Waals surface area contributed by atoms with E-state index >= 15 is 0 Å². The summed E-state index contributed by atoms with van der Waals surface area (Å²) in [6, 6.07) is 11.5. The topological polar surface area (TPSA) is 65.9 Å². The molecule has 0 bridgehead atoms. The van der Waals surface area contributed by atoms with Crippen LogP contribution in [0.2, 0.25) is 0 Å². The molecule has 156 valence electrons. The lowest BCUT2D eigenvalue weighted by atomic mass is 10.1. The molecule has 7 heteroatoms. The van der Waals surface area contributed by atoms with Crippen molar-refractivity contribution in [1.82, 2.24) is 9.97 Å². The first kappa shape index (κ1) is 21.4. The van der Waals surface area contributed by atoms with E-state index in [9.17, 15) is 0 Å². The highest BCUT2D eigenvalue weighted by atomic mass is 16.5. The Hall–Kier alpha value is -3.34. The molecule has 2 aromatic carbocycles. The second-order valence-corrected chi connectivity index (χ2v) is 6.45. The molecule has 0 amide bonds. The Morgan fingerprint density at radius 3 is 2.30 bits per heavy atom. The third-order valence-electron chi connectivity index (χ3n) is 4.49. The van der Waals surface area contributed by atoms with Gasteiger partial charge in [-0.05, 0) is 24.3 Å². The summed E-state index contributed by atoms with van der Waals surface area (Å²) in [6.07, 6.45) is 7.08. The minimum Gasteiger partial charge on any atom is -0.487 e. The third kappa shape index (κ3) is 4.98. The first-order chi connectivity index (χ1) is 14.7. The third-order valence-corrected chi connectivity index (χ3v) is 4.49. The Morgan fingerprint density at radius 2 is 1.63 bits per heavy atom. The first-order valence-corrected chi connectivity index (χ1v) is 9.50. The molecular formula is C23H25N3O4. The quantitative estimate of drug-likeness (QED) is 0.377. The van der Waals surface area contributed by atoms with E-state index < -0.39 is 0 Å². The minimum atomic E-state index is 0.395. The molecule has 1 aromatic heterocycles. The zero-order chi connectivity index (χ0) is 21.3. The van der Waals surface area contributed by atoms with Crippen molar-refractivity contribution in [3.8, 4) is 23.8 Å². The number of terminal acetylenes is 1. The highest BCUT2D eigenvalue weighted by Crippen LogP contribution is 2.36. The predicted molar refractivity (Wildman–Crippen MR) is 117 cm³/mol. The molecule has 0 N–H and O–H groups in total. The Bertz CT molecular complexity index is 1030. The molecule has 0 spiro atoms. The number of methoxy groups -OCH3 is 2. The highest BCUT2D eigenvalue weighted by molar-refractivity contribution is 5.93. The van der Waals surface area contributed by atoms with E-state index in [-0.39, 0.29) is 0 Å². The summed E-state index contributed by atoms with van der Waals surface area (Å²) >= 11 is 0. The minimum absolute atomic E-state index is 0.395. The van der Waals surface area contributed by atoms with Crippen LogP contribution in [0.3, 0.4) is 0 Å². The monoisotopic (exact) mass is 407 g/mol. The van der Waals surface area contributed by atoms with E-state index in [1.807, 2.05) is 48.3 Å². The van der Waals surface area contributed by atoms with Gasteiger partial charge in [-0.2, -0.15) is 0 Å². The zero-order valence-corrected chi connectivity index (χ0v) is 17.4. The van der Waals surface area contributed by atoms with E-state index in [0.29, 0.717) is 37.9 Å². The van der Waals surface area contributed by atoms with Gasteiger partial charge in [-0.15, -0.1) is 6.42 Å². The van der Waals surface area contributed by atoms with Crippen molar-refractivity contribution >= 4 is 22.4 Å². The molecule has 0 saturated carbocycles. The first-order valence-electron chi connectivity index (χ1n) is 9.50. The predicted octanol–water partition coefficient (Wildman–Crippen LogP) is 3.43. The van der Waals surface area contributed by atoms with Crippen LogP contribution in [0.1, 0.15) is 5.56 Å². The van der Waals surface area contributed by atoms with Gasteiger partial charge in [-0.25, -0.2) is 9.97 Å². The summed E-state index contributed by atoms with van der Waals surface area (Å²) in [5.41, 5.74) is 2.47. The zero-order valence-electron chi connectivity index (χ0n) is 17.4. The Balaban J connectivity index is 2.02. The summed E-state index contributed by atoms with van der Waals surface area (Å²) in [7, 11) is 5.20. The van der Waals surface area contributed by atoms with E-state index in [1.165, 1.54) is 6.33 Å². The summed E-state index contributed by atoms with van der Waals surface area (Å²) in [5.74, 6) is 4.58. The molecule has 0 unspecified atom stereocenters. The summed E-state index contributed by atoms with van der Waals surface area (Å²) in [4.78, 5) is 10.9. The van der Waals surface area contributed by atoms with Crippen molar-refractivity contribution in [2.75, 3.05) is 52.6 Å². The van der Waals surface area contributed by atoms with Gasteiger partial charge in [-0.3, -0.25) is 0 Å². The average Bonchev–Trinajstić information content (AvgIpc) is 2.78. The molecule has 0 radical (unpaired) electrons. The fraction of sp³-hybridized carbons (Fsp3) is 0.304. The normalized spacial score (nSPS) is 10.6. The van der Waals surface area contributed by atoms with Crippen LogP contribution in [0.5, 0.6) is 11.5 Å². The highest BCUT2D eigenvalue weighted by Gasteiger charge is 2.16. The lowest BCUT2D eigenvalue weighted by molar-refractivity contribution is 0.132. The van der Waals surface area contributed by atoms with Crippen LogP contribution in [0.25, 0.3) is 10.9 Å². The molecule has 0 fully saturated rings. The fourth-order valence-corrected chi connectivity index (χ4v) is 2.94. The maximum absolute atomic E-state index is 5.90. The molecule has 0 saturated heterocycles. The van der Waals surface area contributed by atoms with Gasteiger partial charge in [0.25, 0.3) is 0 Å². The van der Waals surface area contributed by atoms with Crippen molar-refractivity contribution in [3.05, 3.63) is 48.3 Å². The van der Waals surface area contributed by atoms with Gasteiger partial charge in [-0.1, -0.05) is 12.0 Å². The van der Waals surface area contributed by atoms with Gasteiger partial charge in [0.15, 0.2) is 11.5 Å². The maximum Gasteiger partial charge on any atom is 0.163 e. The van der Waals surface area contributed by atoms with Crippen LogP contribution in [-0.4, -0.2) is 57.7 Å². The van der Waals surface area contributed by atoms with Crippen LogP contribution < -0.4 is 14.4 Å². The van der Waals surface area contributed by atoms with Crippen LogP contribution in [0.15, 0.2) is 42.7 Å². The standard InChI is InChI=1S/C23H25N3O4/c1-5-17-7-6-8-18(13-17)26(2)23-19-14-21(29-11-9-27-3)22(30-12-10-28-4)15-20(19)24-16-25-23/h1,6-8,13-16H,9-12H2,2-4H3. The molecule has 1 heterocycles. The van der Waals surface area contributed by atoms with Crippen molar-refractivity contribution < 1.29 is 18.9 Å². The second-order valence-electron chi connectivity index (χ2n) is 6.45. The van der Waals surface area contributed by atoms with Crippen LogP contribution in [0.4, 0.5) is 11.5 Å². The van der Waals surface area contributed by atoms with Crippen molar-refractivity contribution in [2.24, 2.45) is 0 Å². The maximum atomic E-state index is 5.90. The number of ether oxygens (including phenoxy) is 4. The van der Waals surface area contributed by atoms with Gasteiger partial charge in [0.05, 0.1) is 18.7 Å². The van der Waals surface area contributed by atoms with Crippen molar-refractivity contribution in [3.63, 3.8) is 0 Å². The molecule has 30 heavy (non-hydrogen) atoms. The molecule has 0 aliphatic heterocycles. The smallest absolute Gasteiger partial charge is 0.163 e. The second kappa shape index (κ2) is 10.4. The number of fused-ring (bicyclic) bond motifs is 1. The fourth-order valence-electron chi connectivity index (χ4n) is 2.94. The number of nitrogens with zero attached hydrogens (tertiary/aromatic N) is 3. The number of rotatable bonds is 10. The summed E-state index contributed by atoms with van der Waals surface area (Å²) in [5, 5.41) is 0.831. The molecular weight excluding hydrogens is 382 g/mol. The van der Waals surface area contributed by atoms with Crippen LogP contribution in [0, 0.1) is 12.3 Å². The van der Waals surface area contributed by atoms with Gasteiger partial charge in [0, 0.05) is 44.0 Å². The largest absolute Gasteiger partial charge is 0.487 e. The van der Waals surface area contributed by atoms with Crippen molar-refractivity contribution in [2.45, 2.75) is 0 Å². The Morgan fingerprint density at radius 1 is 0.933 bits per heavy atom. The number of anilines is 2. The van der Waals surface area contributed by atoms with Gasteiger partial charge >= 0.3 is 0 Å². The van der Waals surface area contributed by atoms with Gasteiger partial charge in [0.1, 0.15) is 25.4 Å². The lowest BCUT2D eigenvalue weighted by Crippen LogP contribution is -2.13. The molecule has 3 rings (SSSR count). The average molecular weight is 407 g/mol. The van der Waals surface area contributed by atoms with E-state index in [2.05, 4.69) is 15.9 Å². The van der Waals surface area contributed by atoms with E-state index in [0.717, 1.165) is 28.0 Å². The Kier molecular flexibility index (Phi) is 7.44. The number of benzene rings is 2. The molecule has 0 aliphatic carbocycles. The molecule has 3 aromatic rings. The molecule has 0 aliphatic rings. The summed E-state index contributed by atoms with van der Waals surface area (Å²) < 4.78 is 21.9. The van der Waals surface area contributed by atoms with Gasteiger partial charge < -0.3 is 23.8 Å². The Labute approximate surface area is 176 Å². The van der Waals surface area contributed by atoms with E-state index in [1.54, 1.807) is 14.2 Å². The van der Waals surface area contributed by atoms with Crippen molar-refractivity contribution in [1.29, 1.82) is 0 Å². The van der Waals surface area contributed by atoms with Crippen LogP contribution in [-0.2, 0) is 9.47 Å². The summed E-state index contributed by atoms with van der Waals surface area (Å²) in [6.45, 7) is 1.73. The molecule has 7 nitrogen and oxygen atoms in total. The van der Waals surface area contributed by atoms with E-state index in [4.69, 9.17) is 25.4 Å². The molecule has 0 atom stereocenters. The SMILES string of the molecule is C#Cc1cccc(N(C)c2ncnc3cc(OCCOC)c(OCCOC)cc23)c1.